The van der Waals surface area contributed by atoms with Gasteiger partial charge in [0.15, 0.2) is 0 Å². The fourth-order valence-electron chi connectivity index (χ4n) is 2.38. The van der Waals surface area contributed by atoms with E-state index in [1.54, 1.807) is 13.1 Å². The predicted octanol–water partition coefficient (Wildman–Crippen LogP) is 4.00. The molecule has 0 bridgehead atoms. The van der Waals surface area contributed by atoms with Gasteiger partial charge in [-0.3, -0.25) is 9.78 Å². The molecule has 2 aromatic carbocycles. The van der Waals surface area contributed by atoms with E-state index in [1.807, 2.05) is 54.6 Å². The Balaban J connectivity index is 1.79. The Hall–Kier alpha value is -2.88. The fraction of sp³-hybridized carbons (Fsp3) is 0.158. The average Bonchev–Trinajstić information content (AvgIpc) is 2.59. The molecule has 1 heterocycles. The Morgan fingerprint density at radius 2 is 1.91 bits per heavy atom. The van der Waals surface area contributed by atoms with E-state index >= 15 is 0 Å². The van der Waals surface area contributed by atoms with Crippen molar-refractivity contribution in [2.75, 3.05) is 0 Å². The van der Waals surface area contributed by atoms with Crippen LogP contribution in [0.3, 0.4) is 0 Å². The zero-order valence-electron chi connectivity index (χ0n) is 12.8. The zero-order valence-corrected chi connectivity index (χ0v) is 12.8. The van der Waals surface area contributed by atoms with Gasteiger partial charge in [-0.05, 0) is 47.5 Å². The average molecular weight is 307 g/mol. The molecule has 0 aliphatic heterocycles. The molecular weight excluding hydrogens is 290 g/mol. The highest BCUT2D eigenvalue weighted by atomic mass is 16.5. The summed E-state index contributed by atoms with van der Waals surface area (Å²) in [6.07, 6.45) is 1.74. The Kier molecular flexibility index (Phi) is 4.24. The number of carboxylic acid groups (broad SMARTS) is 1. The Morgan fingerprint density at radius 3 is 2.65 bits per heavy atom. The molecule has 23 heavy (non-hydrogen) atoms. The molecule has 1 aromatic heterocycles. The highest BCUT2D eigenvalue weighted by molar-refractivity contribution is 5.86. The summed E-state index contributed by atoms with van der Waals surface area (Å²) in [6, 6.07) is 17.2. The molecule has 0 aliphatic rings. The summed E-state index contributed by atoms with van der Waals surface area (Å²) in [6.45, 7) is 2.11. The first-order valence-corrected chi connectivity index (χ1v) is 7.43. The minimum atomic E-state index is -0.820. The van der Waals surface area contributed by atoms with Crippen LogP contribution in [0.25, 0.3) is 10.8 Å². The van der Waals surface area contributed by atoms with Crippen LogP contribution in [0.4, 0.5) is 0 Å². The topological polar surface area (TPSA) is 59.4 Å². The normalized spacial score (nSPS) is 12.0. The second-order valence-corrected chi connectivity index (χ2v) is 5.44. The Morgan fingerprint density at radius 1 is 1.13 bits per heavy atom. The molecule has 0 fully saturated rings. The van der Waals surface area contributed by atoms with Gasteiger partial charge in [0.25, 0.3) is 0 Å². The third kappa shape index (κ3) is 3.48. The summed E-state index contributed by atoms with van der Waals surface area (Å²) < 4.78 is 5.76. The van der Waals surface area contributed by atoms with Gasteiger partial charge >= 0.3 is 5.97 Å². The number of aromatic nitrogens is 1. The SMILES string of the molecule is CC(C(=O)O)c1ccc2cc(OCc3ccccn3)ccc2c1. The number of ether oxygens (including phenoxy) is 1. The summed E-state index contributed by atoms with van der Waals surface area (Å²) in [5, 5.41) is 11.1. The van der Waals surface area contributed by atoms with Crippen molar-refractivity contribution in [2.45, 2.75) is 19.4 Å². The third-order valence-electron chi connectivity index (χ3n) is 3.82. The number of nitrogens with zero attached hydrogens (tertiary/aromatic N) is 1. The van der Waals surface area contributed by atoms with E-state index in [1.165, 1.54) is 0 Å². The minimum absolute atomic E-state index is 0.417. The summed E-state index contributed by atoms with van der Waals surface area (Å²) in [5.41, 5.74) is 1.67. The van der Waals surface area contributed by atoms with Gasteiger partial charge in [-0.1, -0.05) is 30.3 Å². The molecule has 4 nitrogen and oxygen atoms in total. The number of carbonyl (C=O) groups is 1. The maximum Gasteiger partial charge on any atom is 0.310 e. The molecule has 1 unspecified atom stereocenters. The van der Waals surface area contributed by atoms with Crippen molar-refractivity contribution >= 4 is 16.7 Å². The predicted molar refractivity (Wildman–Crippen MR) is 88.6 cm³/mol. The van der Waals surface area contributed by atoms with E-state index in [4.69, 9.17) is 9.84 Å². The van der Waals surface area contributed by atoms with Gasteiger partial charge in [0.1, 0.15) is 12.4 Å². The summed E-state index contributed by atoms with van der Waals surface area (Å²) in [5.74, 6) is -0.568. The van der Waals surface area contributed by atoms with Crippen molar-refractivity contribution in [3.63, 3.8) is 0 Å². The van der Waals surface area contributed by atoms with Gasteiger partial charge in [0.2, 0.25) is 0 Å². The van der Waals surface area contributed by atoms with Crippen molar-refractivity contribution in [2.24, 2.45) is 0 Å². The van der Waals surface area contributed by atoms with E-state index in [0.717, 1.165) is 27.8 Å². The number of pyridine rings is 1. The zero-order chi connectivity index (χ0) is 16.2. The second-order valence-electron chi connectivity index (χ2n) is 5.44. The number of hydrogen-bond acceptors (Lipinski definition) is 3. The first-order chi connectivity index (χ1) is 11.1. The Bertz CT molecular complexity index is 830. The van der Waals surface area contributed by atoms with Crippen molar-refractivity contribution in [3.8, 4) is 5.75 Å². The maximum absolute atomic E-state index is 11.1. The lowest BCUT2D eigenvalue weighted by atomic mass is 9.98. The number of aliphatic carboxylic acids is 1. The molecule has 0 amide bonds. The van der Waals surface area contributed by atoms with E-state index in [0.29, 0.717) is 6.61 Å². The molecule has 1 atom stereocenters. The molecule has 0 radical (unpaired) electrons. The molecule has 0 spiro atoms. The molecular formula is C19H17NO3. The van der Waals surface area contributed by atoms with Crippen LogP contribution >= 0.6 is 0 Å². The van der Waals surface area contributed by atoms with Crippen LogP contribution in [0.1, 0.15) is 24.1 Å². The van der Waals surface area contributed by atoms with Gasteiger partial charge in [-0.15, -0.1) is 0 Å². The van der Waals surface area contributed by atoms with Crippen molar-refractivity contribution in [3.05, 3.63) is 72.1 Å². The summed E-state index contributed by atoms with van der Waals surface area (Å²) in [4.78, 5) is 15.3. The van der Waals surface area contributed by atoms with Gasteiger partial charge in [0, 0.05) is 6.20 Å². The summed E-state index contributed by atoms with van der Waals surface area (Å²) in [7, 11) is 0. The van der Waals surface area contributed by atoms with Crippen LogP contribution in [-0.4, -0.2) is 16.1 Å². The van der Waals surface area contributed by atoms with Crippen LogP contribution in [-0.2, 0) is 11.4 Å². The first kappa shape index (κ1) is 15.0. The number of fused-ring (bicyclic) bond motifs is 1. The third-order valence-corrected chi connectivity index (χ3v) is 3.82. The van der Waals surface area contributed by atoms with Crippen LogP contribution in [0.5, 0.6) is 5.75 Å². The number of benzene rings is 2. The van der Waals surface area contributed by atoms with Crippen LogP contribution < -0.4 is 4.74 Å². The molecule has 116 valence electrons. The number of carboxylic acids is 1. The lowest BCUT2D eigenvalue weighted by molar-refractivity contribution is -0.138. The largest absolute Gasteiger partial charge is 0.487 e. The van der Waals surface area contributed by atoms with Crippen molar-refractivity contribution < 1.29 is 14.6 Å². The van der Waals surface area contributed by atoms with Gasteiger partial charge in [-0.2, -0.15) is 0 Å². The molecule has 3 aromatic rings. The molecule has 0 saturated carbocycles. The molecule has 0 saturated heterocycles. The Labute approximate surface area is 134 Å². The molecule has 0 aliphatic carbocycles. The van der Waals surface area contributed by atoms with Gasteiger partial charge < -0.3 is 9.84 Å². The smallest absolute Gasteiger partial charge is 0.310 e. The highest BCUT2D eigenvalue weighted by Crippen LogP contribution is 2.25. The molecule has 4 heteroatoms. The van der Waals surface area contributed by atoms with Crippen molar-refractivity contribution in [1.82, 2.24) is 4.98 Å². The monoisotopic (exact) mass is 307 g/mol. The standard InChI is InChI=1S/C19H17NO3/c1-13(19(21)22)14-5-6-16-11-18(8-7-15(16)10-14)23-12-17-4-2-3-9-20-17/h2-11,13H,12H2,1H3,(H,21,22). The van der Waals surface area contributed by atoms with E-state index in [-0.39, 0.29) is 0 Å². The van der Waals surface area contributed by atoms with Gasteiger partial charge in [0.05, 0.1) is 11.6 Å². The summed E-state index contributed by atoms with van der Waals surface area (Å²) >= 11 is 0. The van der Waals surface area contributed by atoms with Crippen LogP contribution in [0.15, 0.2) is 60.8 Å². The van der Waals surface area contributed by atoms with Gasteiger partial charge in [-0.25, -0.2) is 0 Å². The minimum Gasteiger partial charge on any atom is -0.487 e. The highest BCUT2D eigenvalue weighted by Gasteiger charge is 2.13. The number of rotatable bonds is 5. The maximum atomic E-state index is 11.1. The van der Waals surface area contributed by atoms with Crippen LogP contribution in [0, 0.1) is 0 Å². The quantitative estimate of drug-likeness (QED) is 0.774. The first-order valence-electron chi connectivity index (χ1n) is 7.43. The molecule has 1 N–H and O–H groups in total. The lowest BCUT2D eigenvalue weighted by Gasteiger charge is -2.10. The van der Waals surface area contributed by atoms with Crippen LogP contribution in [0.2, 0.25) is 0 Å². The van der Waals surface area contributed by atoms with E-state index in [2.05, 4.69) is 4.98 Å². The van der Waals surface area contributed by atoms with E-state index < -0.39 is 11.9 Å². The molecule has 3 rings (SSSR count). The lowest BCUT2D eigenvalue weighted by Crippen LogP contribution is -2.07. The number of hydrogen-bond donors (Lipinski definition) is 1. The fourth-order valence-corrected chi connectivity index (χ4v) is 2.38. The van der Waals surface area contributed by atoms with E-state index in [9.17, 15) is 4.79 Å². The van der Waals surface area contributed by atoms with Crippen molar-refractivity contribution in [1.29, 1.82) is 0 Å². The second kappa shape index (κ2) is 6.48.